The molecule has 0 radical (unpaired) electrons. The molecule has 0 heterocycles. The highest BCUT2D eigenvalue weighted by molar-refractivity contribution is 4.79. The zero-order valence-electron chi connectivity index (χ0n) is 12.8. The summed E-state index contributed by atoms with van der Waals surface area (Å²) < 4.78 is 0. The quantitative estimate of drug-likeness (QED) is 0.482. The molecule has 3 unspecified atom stereocenters. The summed E-state index contributed by atoms with van der Waals surface area (Å²) in [6, 6.07) is 0. The first-order valence-electron chi connectivity index (χ1n) is 7.44. The maximum atomic E-state index is 2.47. The molecule has 16 heavy (non-hydrogen) atoms. The predicted molar refractivity (Wildman–Crippen MR) is 75.7 cm³/mol. The van der Waals surface area contributed by atoms with Gasteiger partial charge in [0.25, 0.3) is 0 Å². The fourth-order valence-electron chi connectivity index (χ4n) is 2.71. The average Bonchev–Trinajstić information content (AvgIpc) is 2.33. The molecule has 0 heteroatoms. The maximum Gasteiger partial charge on any atom is -0.0328 e. The van der Waals surface area contributed by atoms with Crippen LogP contribution in [0.15, 0.2) is 0 Å². The molecule has 0 fully saturated rings. The van der Waals surface area contributed by atoms with Gasteiger partial charge in [-0.3, -0.25) is 0 Å². The van der Waals surface area contributed by atoms with Crippen molar-refractivity contribution >= 4 is 0 Å². The van der Waals surface area contributed by atoms with Crippen LogP contribution in [-0.2, 0) is 0 Å². The van der Waals surface area contributed by atoms with Crippen LogP contribution in [0.4, 0.5) is 0 Å². The van der Waals surface area contributed by atoms with Crippen molar-refractivity contribution in [3.05, 3.63) is 0 Å². The van der Waals surface area contributed by atoms with E-state index in [2.05, 4.69) is 48.5 Å². The van der Waals surface area contributed by atoms with Crippen molar-refractivity contribution in [3.8, 4) is 0 Å². The third-order valence-corrected chi connectivity index (χ3v) is 5.27. The van der Waals surface area contributed by atoms with Gasteiger partial charge < -0.3 is 0 Å². The minimum Gasteiger partial charge on any atom is -0.0651 e. The molecule has 0 amide bonds. The molecule has 0 nitrogen and oxygen atoms in total. The van der Waals surface area contributed by atoms with Gasteiger partial charge in [0.05, 0.1) is 0 Å². The van der Waals surface area contributed by atoms with Crippen LogP contribution in [0.25, 0.3) is 0 Å². The molecular formula is C16H34. The molecular weight excluding hydrogens is 192 g/mol. The van der Waals surface area contributed by atoms with Crippen LogP contribution in [0.3, 0.4) is 0 Å². The Morgan fingerprint density at radius 3 is 1.69 bits per heavy atom. The van der Waals surface area contributed by atoms with E-state index in [-0.39, 0.29) is 0 Å². The summed E-state index contributed by atoms with van der Waals surface area (Å²) in [5.74, 6) is 2.68. The van der Waals surface area contributed by atoms with Crippen LogP contribution in [0.5, 0.6) is 0 Å². The normalized spacial score (nSPS) is 18.2. The molecule has 0 saturated carbocycles. The first kappa shape index (κ1) is 16.0. The molecule has 0 bridgehead atoms. The van der Waals surface area contributed by atoms with E-state index in [1.165, 1.54) is 32.1 Å². The third-order valence-electron chi connectivity index (χ3n) is 5.27. The van der Waals surface area contributed by atoms with Gasteiger partial charge in [-0.2, -0.15) is 0 Å². The standard InChI is InChI=1S/C16H34/c1-8-13(5)14(6)15(9-2)12-16(7,10-3)11-4/h13-15H,8-12H2,1-7H3. The van der Waals surface area contributed by atoms with Crippen molar-refractivity contribution in [2.75, 3.05) is 0 Å². The van der Waals surface area contributed by atoms with E-state index >= 15 is 0 Å². The van der Waals surface area contributed by atoms with E-state index in [1.807, 2.05) is 0 Å². The lowest BCUT2D eigenvalue weighted by Gasteiger charge is -2.36. The first-order valence-corrected chi connectivity index (χ1v) is 7.44. The van der Waals surface area contributed by atoms with E-state index in [9.17, 15) is 0 Å². The van der Waals surface area contributed by atoms with Gasteiger partial charge in [0.1, 0.15) is 0 Å². The highest BCUT2D eigenvalue weighted by Crippen LogP contribution is 2.39. The van der Waals surface area contributed by atoms with Gasteiger partial charge in [0, 0.05) is 0 Å². The van der Waals surface area contributed by atoms with Crippen LogP contribution in [-0.4, -0.2) is 0 Å². The highest BCUT2D eigenvalue weighted by atomic mass is 14.3. The fraction of sp³-hybridized carbons (Fsp3) is 1.00. The molecule has 0 N–H and O–H groups in total. The van der Waals surface area contributed by atoms with Crippen molar-refractivity contribution in [2.24, 2.45) is 23.2 Å². The Morgan fingerprint density at radius 1 is 0.875 bits per heavy atom. The Bertz CT molecular complexity index is 167. The van der Waals surface area contributed by atoms with Crippen molar-refractivity contribution < 1.29 is 0 Å². The minimum atomic E-state index is 0.572. The van der Waals surface area contributed by atoms with Crippen molar-refractivity contribution in [2.45, 2.75) is 80.6 Å². The van der Waals surface area contributed by atoms with Crippen molar-refractivity contribution in [1.29, 1.82) is 0 Å². The van der Waals surface area contributed by atoms with E-state index < -0.39 is 0 Å². The molecule has 0 aromatic heterocycles. The smallest absolute Gasteiger partial charge is 0.0328 e. The van der Waals surface area contributed by atoms with Gasteiger partial charge in [-0.05, 0) is 29.6 Å². The zero-order valence-corrected chi connectivity index (χ0v) is 12.8. The second-order valence-corrected chi connectivity index (χ2v) is 6.13. The summed E-state index contributed by atoms with van der Waals surface area (Å²) in [4.78, 5) is 0. The molecule has 0 aliphatic rings. The largest absolute Gasteiger partial charge is 0.0651 e. The molecule has 0 rings (SSSR count). The lowest BCUT2D eigenvalue weighted by atomic mass is 9.70. The molecule has 0 aliphatic carbocycles. The summed E-state index contributed by atoms with van der Waals surface area (Å²) >= 11 is 0. The van der Waals surface area contributed by atoms with Crippen LogP contribution in [0.1, 0.15) is 80.6 Å². The van der Waals surface area contributed by atoms with Crippen LogP contribution in [0, 0.1) is 23.2 Å². The Morgan fingerprint density at radius 2 is 1.38 bits per heavy atom. The Hall–Kier alpha value is 0. The summed E-state index contributed by atoms with van der Waals surface area (Å²) in [6.45, 7) is 16.8. The topological polar surface area (TPSA) is 0 Å². The number of hydrogen-bond acceptors (Lipinski definition) is 0. The Kier molecular flexibility index (Phi) is 7.35. The van der Waals surface area contributed by atoms with E-state index in [0.29, 0.717) is 5.41 Å². The second kappa shape index (κ2) is 7.35. The van der Waals surface area contributed by atoms with E-state index in [0.717, 1.165) is 17.8 Å². The monoisotopic (exact) mass is 226 g/mol. The van der Waals surface area contributed by atoms with Crippen LogP contribution < -0.4 is 0 Å². The van der Waals surface area contributed by atoms with Gasteiger partial charge in [-0.25, -0.2) is 0 Å². The molecule has 0 spiro atoms. The summed E-state index contributed by atoms with van der Waals surface area (Å²) in [5.41, 5.74) is 0.572. The summed E-state index contributed by atoms with van der Waals surface area (Å²) in [7, 11) is 0. The third kappa shape index (κ3) is 4.47. The second-order valence-electron chi connectivity index (χ2n) is 6.13. The lowest BCUT2D eigenvalue weighted by molar-refractivity contribution is 0.148. The molecule has 0 saturated heterocycles. The molecule has 0 aromatic carbocycles. The minimum absolute atomic E-state index is 0.572. The SMILES string of the molecule is CCC(C)C(C)C(CC)CC(C)(CC)CC. The van der Waals surface area contributed by atoms with Crippen molar-refractivity contribution in [1.82, 2.24) is 0 Å². The van der Waals surface area contributed by atoms with E-state index in [4.69, 9.17) is 0 Å². The maximum absolute atomic E-state index is 2.47. The highest BCUT2D eigenvalue weighted by Gasteiger charge is 2.28. The molecule has 0 aliphatic heterocycles. The average molecular weight is 226 g/mol. The van der Waals surface area contributed by atoms with Crippen LogP contribution >= 0.6 is 0 Å². The fourth-order valence-corrected chi connectivity index (χ4v) is 2.71. The number of hydrogen-bond donors (Lipinski definition) is 0. The first-order chi connectivity index (χ1) is 7.44. The van der Waals surface area contributed by atoms with Gasteiger partial charge in [0.2, 0.25) is 0 Å². The molecule has 0 aromatic rings. The van der Waals surface area contributed by atoms with Gasteiger partial charge >= 0.3 is 0 Å². The predicted octanol–water partition coefficient (Wildman–Crippen LogP) is 5.91. The van der Waals surface area contributed by atoms with E-state index in [1.54, 1.807) is 0 Å². The van der Waals surface area contributed by atoms with Gasteiger partial charge in [-0.1, -0.05) is 74.1 Å². The summed E-state index contributed by atoms with van der Waals surface area (Å²) in [6.07, 6.45) is 6.75. The summed E-state index contributed by atoms with van der Waals surface area (Å²) in [5, 5.41) is 0. The van der Waals surface area contributed by atoms with Crippen LogP contribution in [0.2, 0.25) is 0 Å². The molecule has 3 atom stereocenters. The van der Waals surface area contributed by atoms with Gasteiger partial charge in [0.15, 0.2) is 0 Å². The zero-order chi connectivity index (χ0) is 12.8. The Labute approximate surface area is 104 Å². The molecule has 98 valence electrons. The lowest BCUT2D eigenvalue weighted by Crippen LogP contribution is -2.25. The van der Waals surface area contributed by atoms with Crippen molar-refractivity contribution in [3.63, 3.8) is 0 Å². The van der Waals surface area contributed by atoms with Gasteiger partial charge in [-0.15, -0.1) is 0 Å². The number of rotatable bonds is 8. The Balaban J connectivity index is 4.50.